The topological polar surface area (TPSA) is 78.0 Å². The zero-order chi connectivity index (χ0) is 29.4. The van der Waals surface area contributed by atoms with Gasteiger partial charge in [-0.1, -0.05) is 81.4 Å². The predicted molar refractivity (Wildman–Crippen MR) is 164 cm³/mol. The summed E-state index contributed by atoms with van der Waals surface area (Å²) in [6.45, 7) is 8.68. The van der Waals surface area contributed by atoms with Gasteiger partial charge in [0.1, 0.15) is 6.04 Å². The number of rotatable bonds is 6. The lowest BCUT2D eigenvalue weighted by Gasteiger charge is -2.38. The van der Waals surface area contributed by atoms with E-state index in [-0.39, 0.29) is 54.7 Å². The van der Waals surface area contributed by atoms with Gasteiger partial charge in [0, 0.05) is 38.3 Å². The van der Waals surface area contributed by atoms with Gasteiger partial charge in [-0.2, -0.15) is 4.31 Å². The van der Waals surface area contributed by atoms with Crippen molar-refractivity contribution in [3.8, 4) is 0 Å². The summed E-state index contributed by atoms with van der Waals surface area (Å²) in [5.41, 5.74) is 0.425. The van der Waals surface area contributed by atoms with Crippen molar-refractivity contribution in [2.45, 2.75) is 45.1 Å². The van der Waals surface area contributed by atoms with Crippen LogP contribution in [0.2, 0.25) is 0 Å². The highest BCUT2D eigenvalue weighted by molar-refractivity contribution is 7.89. The molecule has 41 heavy (non-hydrogen) atoms. The van der Waals surface area contributed by atoms with Crippen LogP contribution in [0.1, 0.15) is 34.1 Å². The van der Waals surface area contributed by atoms with Gasteiger partial charge in [0.25, 0.3) is 0 Å². The lowest BCUT2D eigenvalue weighted by molar-refractivity contribution is -0.135. The van der Waals surface area contributed by atoms with Crippen LogP contribution < -0.4 is 4.90 Å². The van der Waals surface area contributed by atoms with Gasteiger partial charge in [-0.05, 0) is 58.1 Å². The number of benzene rings is 4. The number of sulfonamides is 1. The highest BCUT2D eigenvalue weighted by atomic mass is 32.2. The molecule has 0 saturated carbocycles. The zero-order valence-corrected chi connectivity index (χ0v) is 24.9. The van der Waals surface area contributed by atoms with Gasteiger partial charge < -0.3 is 9.80 Å². The number of anilines is 1. The summed E-state index contributed by atoms with van der Waals surface area (Å²) in [5.74, 6) is -0.311. The Morgan fingerprint density at radius 1 is 0.780 bits per heavy atom. The second-order valence-corrected chi connectivity index (χ2v) is 13.9. The normalized spacial score (nSPS) is 15.7. The molecule has 1 saturated heterocycles. The van der Waals surface area contributed by atoms with E-state index < -0.39 is 16.1 Å². The summed E-state index contributed by atoms with van der Waals surface area (Å²) >= 11 is 0. The molecule has 1 unspecified atom stereocenters. The smallest absolute Gasteiger partial charge is 0.245 e. The van der Waals surface area contributed by atoms with E-state index in [4.69, 9.17) is 0 Å². The van der Waals surface area contributed by atoms with Gasteiger partial charge in [-0.15, -0.1) is 0 Å². The van der Waals surface area contributed by atoms with Gasteiger partial charge in [-0.25, -0.2) is 8.42 Å². The zero-order valence-electron chi connectivity index (χ0n) is 24.1. The number of carbonyl (C=O) groups excluding carboxylic acids is 2. The van der Waals surface area contributed by atoms with Crippen molar-refractivity contribution in [2.24, 2.45) is 5.41 Å². The molecular formula is C33H37N3O4S. The highest BCUT2D eigenvalue weighted by Gasteiger charge is 2.36. The Hall–Kier alpha value is -3.75. The number of carbonyl (C=O) groups is 2. The maximum absolute atomic E-state index is 13.8. The molecule has 1 aliphatic heterocycles. The summed E-state index contributed by atoms with van der Waals surface area (Å²) in [7, 11) is -3.71. The van der Waals surface area contributed by atoms with Gasteiger partial charge in [-0.3, -0.25) is 9.59 Å². The second-order valence-electron chi connectivity index (χ2n) is 11.9. The van der Waals surface area contributed by atoms with E-state index in [9.17, 15) is 18.0 Å². The molecule has 4 aromatic rings. The molecular weight excluding hydrogens is 534 g/mol. The number of piperazine rings is 1. The Balaban J connectivity index is 1.34. The van der Waals surface area contributed by atoms with E-state index in [0.29, 0.717) is 5.69 Å². The number of hydrogen-bond acceptors (Lipinski definition) is 4. The Morgan fingerprint density at radius 2 is 1.32 bits per heavy atom. The van der Waals surface area contributed by atoms with E-state index in [2.05, 4.69) is 0 Å². The molecule has 0 bridgehead atoms. The maximum atomic E-state index is 13.8. The van der Waals surface area contributed by atoms with Crippen molar-refractivity contribution < 1.29 is 18.0 Å². The summed E-state index contributed by atoms with van der Waals surface area (Å²) in [5, 5.41) is 3.89. The largest absolute Gasteiger partial charge is 0.338 e. The molecule has 1 aliphatic rings. The van der Waals surface area contributed by atoms with Crippen molar-refractivity contribution in [1.82, 2.24) is 9.21 Å². The van der Waals surface area contributed by atoms with E-state index in [1.807, 2.05) is 93.6 Å². The highest BCUT2D eigenvalue weighted by Crippen LogP contribution is 2.29. The monoisotopic (exact) mass is 571 g/mol. The van der Waals surface area contributed by atoms with Gasteiger partial charge in [0.05, 0.1) is 4.90 Å². The van der Waals surface area contributed by atoms with Crippen molar-refractivity contribution in [2.75, 3.05) is 31.1 Å². The number of nitrogens with zero attached hydrogens (tertiary/aromatic N) is 3. The van der Waals surface area contributed by atoms with Crippen LogP contribution in [0.15, 0.2) is 89.8 Å². The van der Waals surface area contributed by atoms with E-state index in [1.54, 1.807) is 28.9 Å². The van der Waals surface area contributed by atoms with Gasteiger partial charge in [0.15, 0.2) is 0 Å². The number of amides is 2. The molecule has 5 rings (SSSR count). The third kappa shape index (κ3) is 6.14. The standard InChI is InChI=1S/C33H37N3O4S/c1-24(36(31(37)23-33(2,3)4)29-15-13-25-9-5-7-11-27(25)21-29)32(38)34-17-19-35(20-18-34)41(39,40)30-16-14-26-10-6-8-12-28(26)22-30/h5-16,21-22,24H,17-20,23H2,1-4H3. The fraction of sp³-hybridized carbons (Fsp3) is 0.333. The molecule has 1 heterocycles. The fourth-order valence-corrected chi connectivity index (χ4v) is 6.91. The number of hydrogen-bond donors (Lipinski definition) is 0. The minimum atomic E-state index is -3.71. The molecule has 4 aromatic carbocycles. The van der Waals surface area contributed by atoms with Crippen molar-refractivity contribution in [3.63, 3.8) is 0 Å². The van der Waals surface area contributed by atoms with Crippen LogP contribution in [0.3, 0.4) is 0 Å². The molecule has 0 N–H and O–H groups in total. The average Bonchev–Trinajstić information content (AvgIpc) is 2.95. The van der Waals surface area contributed by atoms with Crippen molar-refractivity contribution >= 4 is 49.1 Å². The molecule has 7 nitrogen and oxygen atoms in total. The first-order valence-electron chi connectivity index (χ1n) is 14.0. The van der Waals surface area contributed by atoms with Gasteiger partial charge in [0.2, 0.25) is 21.8 Å². The minimum Gasteiger partial charge on any atom is -0.338 e. The first-order valence-corrected chi connectivity index (χ1v) is 15.5. The van der Waals surface area contributed by atoms with Crippen LogP contribution in [0.25, 0.3) is 21.5 Å². The molecule has 0 aliphatic carbocycles. The molecule has 0 radical (unpaired) electrons. The third-order valence-corrected chi connectivity index (χ3v) is 9.51. The Morgan fingerprint density at radius 3 is 1.90 bits per heavy atom. The lowest BCUT2D eigenvalue weighted by atomic mass is 9.91. The second kappa shape index (κ2) is 11.3. The van der Waals surface area contributed by atoms with E-state index >= 15 is 0 Å². The maximum Gasteiger partial charge on any atom is 0.245 e. The van der Waals surface area contributed by atoms with Crippen LogP contribution >= 0.6 is 0 Å². The van der Waals surface area contributed by atoms with Crippen molar-refractivity contribution in [1.29, 1.82) is 0 Å². The number of fused-ring (bicyclic) bond motifs is 2. The molecule has 0 spiro atoms. The summed E-state index contributed by atoms with van der Waals surface area (Å²) in [4.78, 5) is 30.9. The third-order valence-electron chi connectivity index (χ3n) is 7.62. The Bertz CT molecular complexity index is 1700. The Labute approximate surface area is 242 Å². The van der Waals surface area contributed by atoms with E-state index in [0.717, 1.165) is 21.5 Å². The van der Waals surface area contributed by atoms with E-state index in [1.165, 1.54) is 4.31 Å². The Kier molecular flexibility index (Phi) is 7.90. The van der Waals surface area contributed by atoms with Crippen LogP contribution in [0.4, 0.5) is 5.69 Å². The summed E-state index contributed by atoms with van der Waals surface area (Å²) in [6, 6.07) is 25.8. The minimum absolute atomic E-state index is 0.119. The van der Waals surface area contributed by atoms with Crippen LogP contribution in [-0.4, -0.2) is 61.7 Å². The van der Waals surface area contributed by atoms with Crippen LogP contribution in [0, 0.1) is 5.41 Å². The van der Waals surface area contributed by atoms with Crippen LogP contribution in [0.5, 0.6) is 0 Å². The SMILES string of the molecule is CC(C(=O)N1CCN(S(=O)(=O)c2ccc3ccccc3c2)CC1)N(C(=O)CC(C)(C)C)c1ccc2ccccc2c1. The lowest BCUT2D eigenvalue weighted by Crippen LogP contribution is -2.56. The molecule has 214 valence electrons. The molecule has 0 aromatic heterocycles. The first-order chi connectivity index (χ1) is 19.4. The average molecular weight is 572 g/mol. The quantitative estimate of drug-likeness (QED) is 0.298. The predicted octanol–water partition coefficient (Wildman–Crippen LogP) is 5.68. The summed E-state index contributed by atoms with van der Waals surface area (Å²) in [6.07, 6.45) is 0.287. The molecule has 8 heteroatoms. The van der Waals surface area contributed by atoms with Crippen molar-refractivity contribution in [3.05, 3.63) is 84.9 Å². The van der Waals surface area contributed by atoms with Crippen LogP contribution in [-0.2, 0) is 19.6 Å². The fourth-order valence-electron chi connectivity index (χ4n) is 5.45. The molecule has 1 atom stereocenters. The first kappa shape index (κ1) is 28.8. The molecule has 2 amide bonds. The summed E-state index contributed by atoms with van der Waals surface area (Å²) < 4.78 is 28.3. The van der Waals surface area contributed by atoms with Gasteiger partial charge >= 0.3 is 0 Å². The molecule has 1 fully saturated rings.